The van der Waals surface area contributed by atoms with E-state index in [2.05, 4.69) is 4.98 Å². The molecule has 0 saturated heterocycles. The minimum Gasteiger partial charge on any atom is -0.494 e. The van der Waals surface area contributed by atoms with E-state index in [9.17, 15) is 9.59 Å². The van der Waals surface area contributed by atoms with Crippen molar-refractivity contribution in [3.63, 3.8) is 0 Å². The summed E-state index contributed by atoms with van der Waals surface area (Å²) < 4.78 is 17.1. The molecule has 0 amide bonds. The van der Waals surface area contributed by atoms with E-state index in [1.54, 1.807) is 43.5 Å². The second-order valence-electron chi connectivity index (χ2n) is 5.65. The Hall–Kier alpha value is -3.22. The largest absolute Gasteiger partial charge is 0.494 e. The predicted molar refractivity (Wildman–Crippen MR) is 98.6 cm³/mol. The standard InChI is InChI=1S/C19H20N2O5/c1-4-26-13-6-7-15-14(10-13)18(22)21(19(23)20-15)11-12-5-8-16(24-2)17(9-12)25-3/h5-10H,4,11H2,1-3H3,(H,20,23). The van der Waals surface area contributed by atoms with Crippen LogP contribution in [0, 0.1) is 0 Å². The van der Waals surface area contributed by atoms with Crippen molar-refractivity contribution >= 4 is 10.9 Å². The highest BCUT2D eigenvalue weighted by molar-refractivity contribution is 5.78. The molecule has 0 bridgehead atoms. The first-order chi connectivity index (χ1) is 12.6. The number of methoxy groups -OCH3 is 2. The van der Waals surface area contributed by atoms with Gasteiger partial charge in [-0.1, -0.05) is 6.07 Å². The number of H-pyrrole nitrogens is 1. The van der Waals surface area contributed by atoms with E-state index in [-0.39, 0.29) is 12.1 Å². The summed E-state index contributed by atoms with van der Waals surface area (Å²) in [6.07, 6.45) is 0. The average molecular weight is 356 g/mol. The number of benzene rings is 2. The van der Waals surface area contributed by atoms with Gasteiger partial charge in [-0.3, -0.25) is 9.36 Å². The maximum absolute atomic E-state index is 12.8. The van der Waals surface area contributed by atoms with Crippen molar-refractivity contribution in [2.45, 2.75) is 13.5 Å². The fourth-order valence-corrected chi connectivity index (χ4v) is 2.79. The molecule has 3 aromatic rings. The zero-order valence-electron chi connectivity index (χ0n) is 14.9. The molecule has 1 heterocycles. The molecule has 7 heteroatoms. The van der Waals surface area contributed by atoms with Crippen molar-refractivity contribution in [2.75, 3.05) is 20.8 Å². The molecule has 0 radical (unpaired) electrons. The van der Waals surface area contributed by atoms with Gasteiger partial charge in [0.15, 0.2) is 11.5 Å². The van der Waals surface area contributed by atoms with E-state index < -0.39 is 5.69 Å². The van der Waals surface area contributed by atoms with E-state index in [1.807, 2.05) is 6.92 Å². The maximum Gasteiger partial charge on any atom is 0.329 e. The smallest absolute Gasteiger partial charge is 0.329 e. The van der Waals surface area contributed by atoms with Gasteiger partial charge in [-0.2, -0.15) is 0 Å². The Morgan fingerprint density at radius 2 is 1.77 bits per heavy atom. The molecular weight excluding hydrogens is 336 g/mol. The van der Waals surface area contributed by atoms with Crippen molar-refractivity contribution < 1.29 is 14.2 Å². The molecule has 1 aromatic heterocycles. The van der Waals surface area contributed by atoms with Gasteiger partial charge < -0.3 is 19.2 Å². The van der Waals surface area contributed by atoms with Crippen molar-refractivity contribution in [3.8, 4) is 17.2 Å². The number of ether oxygens (including phenoxy) is 3. The highest BCUT2D eigenvalue weighted by atomic mass is 16.5. The summed E-state index contributed by atoms with van der Waals surface area (Å²) in [6, 6.07) is 10.3. The van der Waals surface area contributed by atoms with Gasteiger partial charge in [-0.15, -0.1) is 0 Å². The molecule has 0 saturated carbocycles. The lowest BCUT2D eigenvalue weighted by Gasteiger charge is -2.11. The van der Waals surface area contributed by atoms with Crippen LogP contribution in [0.3, 0.4) is 0 Å². The molecule has 136 valence electrons. The van der Waals surface area contributed by atoms with Crippen molar-refractivity contribution in [3.05, 3.63) is 62.8 Å². The first kappa shape index (κ1) is 17.6. The number of hydrogen-bond acceptors (Lipinski definition) is 5. The zero-order valence-corrected chi connectivity index (χ0v) is 14.9. The molecule has 0 fully saturated rings. The van der Waals surface area contributed by atoms with Crippen LogP contribution in [0.1, 0.15) is 12.5 Å². The van der Waals surface area contributed by atoms with E-state index in [4.69, 9.17) is 14.2 Å². The van der Waals surface area contributed by atoms with E-state index in [0.29, 0.717) is 34.8 Å². The quantitative estimate of drug-likeness (QED) is 0.732. The maximum atomic E-state index is 12.8. The second kappa shape index (κ2) is 7.35. The van der Waals surface area contributed by atoms with E-state index >= 15 is 0 Å². The fraction of sp³-hybridized carbons (Fsp3) is 0.263. The zero-order chi connectivity index (χ0) is 18.7. The summed E-state index contributed by atoms with van der Waals surface area (Å²) in [6.45, 7) is 2.48. The average Bonchev–Trinajstić information content (AvgIpc) is 2.65. The number of aromatic amines is 1. The van der Waals surface area contributed by atoms with Crippen LogP contribution in [0.5, 0.6) is 17.2 Å². The number of fused-ring (bicyclic) bond motifs is 1. The number of hydrogen-bond donors (Lipinski definition) is 1. The highest BCUT2D eigenvalue weighted by Crippen LogP contribution is 2.27. The van der Waals surface area contributed by atoms with Gasteiger partial charge in [0, 0.05) is 0 Å². The van der Waals surface area contributed by atoms with Crippen LogP contribution >= 0.6 is 0 Å². The van der Waals surface area contributed by atoms with E-state index in [1.165, 1.54) is 7.11 Å². The van der Waals surface area contributed by atoms with Crippen molar-refractivity contribution in [1.82, 2.24) is 9.55 Å². The van der Waals surface area contributed by atoms with Crippen LogP contribution in [0.15, 0.2) is 46.0 Å². The number of aromatic nitrogens is 2. The molecule has 7 nitrogen and oxygen atoms in total. The Kier molecular flexibility index (Phi) is 4.97. The Morgan fingerprint density at radius 3 is 2.46 bits per heavy atom. The molecule has 0 spiro atoms. The third-order valence-electron chi connectivity index (χ3n) is 4.05. The summed E-state index contributed by atoms with van der Waals surface area (Å²) in [5.74, 6) is 1.70. The lowest BCUT2D eigenvalue weighted by molar-refractivity contribution is 0.340. The molecule has 1 N–H and O–H groups in total. The van der Waals surface area contributed by atoms with Crippen LogP contribution in [-0.2, 0) is 6.54 Å². The van der Waals surface area contributed by atoms with Gasteiger partial charge in [-0.05, 0) is 42.8 Å². The Balaban J connectivity index is 2.07. The van der Waals surface area contributed by atoms with Crippen molar-refractivity contribution in [2.24, 2.45) is 0 Å². The molecule has 0 atom stereocenters. The molecule has 0 aliphatic carbocycles. The molecule has 0 aliphatic rings. The molecular formula is C19H20N2O5. The summed E-state index contributed by atoms with van der Waals surface area (Å²) in [5, 5.41) is 0.399. The van der Waals surface area contributed by atoms with Crippen LogP contribution in [0.25, 0.3) is 10.9 Å². The van der Waals surface area contributed by atoms with Gasteiger partial charge in [0.05, 0.1) is 38.3 Å². The Bertz CT molecular complexity index is 1050. The lowest BCUT2D eigenvalue weighted by Crippen LogP contribution is -2.35. The van der Waals surface area contributed by atoms with Gasteiger partial charge in [0.2, 0.25) is 0 Å². The van der Waals surface area contributed by atoms with Crippen molar-refractivity contribution in [1.29, 1.82) is 0 Å². The van der Waals surface area contributed by atoms with Gasteiger partial charge in [-0.25, -0.2) is 4.79 Å². The lowest BCUT2D eigenvalue weighted by atomic mass is 10.2. The minimum absolute atomic E-state index is 0.114. The third kappa shape index (κ3) is 3.28. The fourth-order valence-electron chi connectivity index (χ4n) is 2.79. The molecule has 0 aliphatic heterocycles. The first-order valence-electron chi connectivity index (χ1n) is 8.18. The minimum atomic E-state index is -0.471. The molecule has 26 heavy (non-hydrogen) atoms. The summed E-state index contributed by atoms with van der Waals surface area (Å²) in [7, 11) is 3.08. The molecule has 3 rings (SSSR count). The summed E-state index contributed by atoms with van der Waals surface area (Å²) >= 11 is 0. The number of nitrogens with one attached hydrogen (secondary N) is 1. The Morgan fingerprint density at radius 1 is 1.00 bits per heavy atom. The summed E-state index contributed by atoms with van der Waals surface area (Å²) in [4.78, 5) is 27.9. The van der Waals surface area contributed by atoms with E-state index in [0.717, 1.165) is 10.1 Å². The SMILES string of the molecule is CCOc1ccc2[nH]c(=O)n(Cc3ccc(OC)c(OC)c3)c(=O)c2c1. The number of nitrogens with zero attached hydrogens (tertiary/aromatic N) is 1. The van der Waals surface area contributed by atoms with Gasteiger partial charge >= 0.3 is 5.69 Å². The Labute approximate surface area is 149 Å². The normalized spacial score (nSPS) is 10.7. The molecule has 0 unspecified atom stereocenters. The highest BCUT2D eigenvalue weighted by Gasteiger charge is 2.11. The van der Waals surface area contributed by atoms with Crippen LogP contribution in [0.4, 0.5) is 0 Å². The summed E-state index contributed by atoms with van der Waals surface area (Å²) in [5.41, 5.74) is 0.379. The third-order valence-corrected chi connectivity index (χ3v) is 4.05. The second-order valence-corrected chi connectivity index (χ2v) is 5.65. The number of rotatable bonds is 6. The first-order valence-corrected chi connectivity index (χ1v) is 8.18. The predicted octanol–water partition coefficient (Wildman–Crippen LogP) is 2.15. The van der Waals surface area contributed by atoms with Crippen LogP contribution < -0.4 is 25.5 Å². The van der Waals surface area contributed by atoms with Crippen LogP contribution in [0.2, 0.25) is 0 Å². The van der Waals surface area contributed by atoms with Gasteiger partial charge in [0.25, 0.3) is 5.56 Å². The van der Waals surface area contributed by atoms with Crippen LogP contribution in [-0.4, -0.2) is 30.4 Å². The molecule has 2 aromatic carbocycles. The van der Waals surface area contributed by atoms with Gasteiger partial charge in [0.1, 0.15) is 5.75 Å². The topological polar surface area (TPSA) is 82.6 Å². The monoisotopic (exact) mass is 356 g/mol.